The van der Waals surface area contributed by atoms with Crippen molar-refractivity contribution in [1.29, 1.82) is 0 Å². The van der Waals surface area contributed by atoms with Gasteiger partial charge in [0.1, 0.15) is 10.4 Å². The molecule has 2 aromatic rings. The van der Waals surface area contributed by atoms with Crippen LogP contribution in [0.1, 0.15) is 25.3 Å². The second kappa shape index (κ2) is 8.07. The molecular weight excluding hydrogens is 362 g/mol. The van der Waals surface area contributed by atoms with E-state index >= 15 is 0 Å². The van der Waals surface area contributed by atoms with E-state index in [2.05, 4.69) is 50.0 Å². The van der Waals surface area contributed by atoms with Crippen LogP contribution in [0.2, 0.25) is 0 Å². The van der Waals surface area contributed by atoms with Crippen molar-refractivity contribution >= 4 is 27.7 Å². The lowest BCUT2D eigenvalue weighted by Crippen LogP contribution is -2.11. The van der Waals surface area contributed by atoms with Crippen LogP contribution in [0.15, 0.2) is 23.1 Å². The Labute approximate surface area is 143 Å². The minimum atomic E-state index is 0.178. The molecule has 2 heterocycles. The number of nitrogens with one attached hydrogen (secondary N) is 1. The Morgan fingerprint density at radius 2 is 2.04 bits per heavy atom. The summed E-state index contributed by atoms with van der Waals surface area (Å²) in [6.07, 6.45) is 3.34. The zero-order valence-electron chi connectivity index (χ0n) is 13.3. The van der Waals surface area contributed by atoms with Crippen LogP contribution in [-0.2, 0) is 4.74 Å². The SMILES string of the molecule is COCCNc1nc(N)ncc1Oc1cc(Br)ncc1C(C)C. The smallest absolute Gasteiger partial charge is 0.222 e. The Balaban J connectivity index is 2.31. The fraction of sp³-hybridized carbons (Fsp3) is 0.400. The van der Waals surface area contributed by atoms with Crippen molar-refractivity contribution in [2.45, 2.75) is 19.8 Å². The molecule has 0 amide bonds. The highest BCUT2D eigenvalue weighted by Crippen LogP contribution is 2.34. The zero-order chi connectivity index (χ0) is 16.8. The number of nitrogens with two attached hydrogens (primary N) is 1. The lowest BCUT2D eigenvalue weighted by Gasteiger charge is -2.16. The van der Waals surface area contributed by atoms with Crippen LogP contribution >= 0.6 is 15.9 Å². The van der Waals surface area contributed by atoms with E-state index in [9.17, 15) is 0 Å². The average Bonchev–Trinajstić information content (AvgIpc) is 2.50. The molecule has 0 spiro atoms. The summed E-state index contributed by atoms with van der Waals surface area (Å²) in [5, 5.41) is 3.13. The van der Waals surface area contributed by atoms with Crippen molar-refractivity contribution < 1.29 is 9.47 Å². The molecule has 3 N–H and O–H groups in total. The third-order valence-electron chi connectivity index (χ3n) is 3.08. The van der Waals surface area contributed by atoms with Crippen molar-refractivity contribution in [3.8, 4) is 11.5 Å². The predicted octanol–water partition coefficient (Wildman–Crippen LogP) is 3.19. The number of nitrogen functional groups attached to an aromatic ring is 1. The summed E-state index contributed by atoms with van der Waals surface area (Å²) in [7, 11) is 1.64. The first kappa shape index (κ1) is 17.4. The highest BCUT2D eigenvalue weighted by atomic mass is 79.9. The van der Waals surface area contributed by atoms with Gasteiger partial charge >= 0.3 is 0 Å². The average molecular weight is 382 g/mol. The first-order chi connectivity index (χ1) is 11.0. The molecule has 0 aliphatic heterocycles. The van der Waals surface area contributed by atoms with E-state index in [0.717, 1.165) is 5.56 Å². The number of hydrogen-bond acceptors (Lipinski definition) is 7. The van der Waals surface area contributed by atoms with Crippen LogP contribution < -0.4 is 15.8 Å². The maximum Gasteiger partial charge on any atom is 0.222 e. The maximum atomic E-state index is 6.01. The van der Waals surface area contributed by atoms with Gasteiger partial charge < -0.3 is 20.5 Å². The second-order valence-corrected chi connectivity index (χ2v) is 5.97. The lowest BCUT2D eigenvalue weighted by molar-refractivity contribution is 0.210. The Bertz CT molecular complexity index is 666. The molecule has 2 rings (SSSR count). The van der Waals surface area contributed by atoms with Crippen molar-refractivity contribution in [3.63, 3.8) is 0 Å². The van der Waals surface area contributed by atoms with Gasteiger partial charge in [0.15, 0.2) is 11.6 Å². The first-order valence-electron chi connectivity index (χ1n) is 7.20. The Hall–Kier alpha value is -1.93. The molecule has 0 unspecified atom stereocenters. The van der Waals surface area contributed by atoms with Gasteiger partial charge in [-0.15, -0.1) is 0 Å². The summed E-state index contributed by atoms with van der Waals surface area (Å²) in [5.41, 5.74) is 6.65. The maximum absolute atomic E-state index is 6.01. The first-order valence-corrected chi connectivity index (χ1v) is 7.99. The lowest BCUT2D eigenvalue weighted by atomic mass is 10.1. The Kier molecular flexibility index (Phi) is 6.12. The van der Waals surface area contributed by atoms with E-state index < -0.39 is 0 Å². The number of aromatic nitrogens is 3. The number of nitrogens with zero attached hydrogens (tertiary/aromatic N) is 3. The molecule has 0 aliphatic carbocycles. The van der Waals surface area contributed by atoms with Crippen LogP contribution in [0, 0.1) is 0 Å². The summed E-state index contributed by atoms with van der Waals surface area (Å²) < 4.78 is 11.7. The topological polar surface area (TPSA) is 95.2 Å². The molecule has 0 aliphatic rings. The molecule has 23 heavy (non-hydrogen) atoms. The van der Waals surface area contributed by atoms with Crippen LogP contribution in [0.3, 0.4) is 0 Å². The van der Waals surface area contributed by atoms with E-state index in [0.29, 0.717) is 35.1 Å². The quantitative estimate of drug-likeness (QED) is 0.561. The molecule has 0 fully saturated rings. The van der Waals surface area contributed by atoms with E-state index in [1.54, 1.807) is 19.5 Å². The molecule has 0 bridgehead atoms. The van der Waals surface area contributed by atoms with Crippen molar-refractivity contribution in [2.75, 3.05) is 31.3 Å². The van der Waals surface area contributed by atoms with Gasteiger partial charge in [0, 0.05) is 31.5 Å². The predicted molar refractivity (Wildman–Crippen MR) is 92.9 cm³/mol. The number of methoxy groups -OCH3 is 1. The zero-order valence-corrected chi connectivity index (χ0v) is 14.9. The highest BCUT2D eigenvalue weighted by Gasteiger charge is 2.14. The van der Waals surface area contributed by atoms with Gasteiger partial charge in [0.2, 0.25) is 5.95 Å². The van der Waals surface area contributed by atoms with E-state index in [1.165, 1.54) is 0 Å². The third kappa shape index (κ3) is 4.77. The standard InChI is InChI=1S/C15H20BrN5O2/c1-9(2)10-7-19-13(16)6-11(10)23-12-8-20-15(17)21-14(12)18-4-5-22-3/h6-9H,4-5H2,1-3H3,(H3,17,18,20,21). The van der Waals surface area contributed by atoms with E-state index in [4.69, 9.17) is 15.2 Å². The van der Waals surface area contributed by atoms with Crippen LogP contribution in [0.4, 0.5) is 11.8 Å². The summed E-state index contributed by atoms with van der Waals surface area (Å²) >= 11 is 3.37. The summed E-state index contributed by atoms with van der Waals surface area (Å²) in [6.45, 7) is 5.28. The molecular formula is C15H20BrN5O2. The molecule has 7 nitrogen and oxygen atoms in total. The fourth-order valence-electron chi connectivity index (χ4n) is 1.92. The molecule has 0 saturated heterocycles. The van der Waals surface area contributed by atoms with Gasteiger partial charge in [-0.2, -0.15) is 4.98 Å². The van der Waals surface area contributed by atoms with Gasteiger partial charge in [-0.3, -0.25) is 0 Å². The number of anilines is 2. The van der Waals surface area contributed by atoms with E-state index in [-0.39, 0.29) is 11.9 Å². The highest BCUT2D eigenvalue weighted by molar-refractivity contribution is 9.10. The van der Waals surface area contributed by atoms with Gasteiger partial charge in [-0.1, -0.05) is 13.8 Å². The fourth-order valence-corrected chi connectivity index (χ4v) is 2.23. The molecule has 2 aromatic heterocycles. The van der Waals surface area contributed by atoms with Gasteiger partial charge in [0.25, 0.3) is 0 Å². The van der Waals surface area contributed by atoms with Gasteiger partial charge in [-0.05, 0) is 21.8 Å². The van der Waals surface area contributed by atoms with Gasteiger partial charge in [-0.25, -0.2) is 9.97 Å². The minimum absolute atomic E-state index is 0.178. The summed E-state index contributed by atoms with van der Waals surface area (Å²) in [6, 6.07) is 1.82. The van der Waals surface area contributed by atoms with E-state index in [1.807, 2.05) is 6.07 Å². The number of hydrogen-bond donors (Lipinski definition) is 2. The monoisotopic (exact) mass is 381 g/mol. The van der Waals surface area contributed by atoms with Crippen molar-refractivity contribution in [1.82, 2.24) is 15.0 Å². The number of ether oxygens (including phenoxy) is 2. The van der Waals surface area contributed by atoms with Crippen LogP contribution in [0.5, 0.6) is 11.5 Å². The normalized spacial score (nSPS) is 10.8. The van der Waals surface area contributed by atoms with Crippen molar-refractivity contribution in [3.05, 3.63) is 28.6 Å². The molecule has 0 aromatic carbocycles. The second-order valence-electron chi connectivity index (χ2n) is 5.16. The summed E-state index contributed by atoms with van der Waals surface area (Å²) in [5.74, 6) is 2.17. The Morgan fingerprint density at radius 1 is 1.26 bits per heavy atom. The Morgan fingerprint density at radius 3 is 2.74 bits per heavy atom. The third-order valence-corrected chi connectivity index (χ3v) is 3.51. The molecule has 0 saturated carbocycles. The minimum Gasteiger partial charge on any atom is -0.451 e. The van der Waals surface area contributed by atoms with Gasteiger partial charge in [0.05, 0.1) is 12.8 Å². The molecule has 0 atom stereocenters. The number of rotatable bonds is 7. The number of pyridine rings is 1. The molecule has 8 heteroatoms. The largest absolute Gasteiger partial charge is 0.451 e. The molecule has 124 valence electrons. The molecule has 0 radical (unpaired) electrons. The summed E-state index contributed by atoms with van der Waals surface area (Å²) in [4.78, 5) is 12.4. The van der Waals surface area contributed by atoms with Crippen LogP contribution in [-0.4, -0.2) is 35.2 Å². The van der Waals surface area contributed by atoms with Crippen LogP contribution in [0.25, 0.3) is 0 Å². The number of halogens is 1. The van der Waals surface area contributed by atoms with Crippen molar-refractivity contribution in [2.24, 2.45) is 0 Å².